The fraction of sp³-hybridized carbons (Fsp3) is 0.667. The summed E-state index contributed by atoms with van der Waals surface area (Å²) in [6.07, 6.45) is 9.18. The summed E-state index contributed by atoms with van der Waals surface area (Å²) in [5.41, 5.74) is 0. The summed E-state index contributed by atoms with van der Waals surface area (Å²) in [4.78, 5) is 0. The molecule has 0 saturated heterocycles. The van der Waals surface area contributed by atoms with Gasteiger partial charge in [-0.15, -0.1) is 23.7 Å². The molecule has 0 N–H and O–H groups in total. The first-order valence-corrected chi connectivity index (χ1v) is 4.91. The van der Waals surface area contributed by atoms with E-state index >= 15 is 0 Å². The summed E-state index contributed by atoms with van der Waals surface area (Å²) in [6, 6.07) is 0. The molecule has 0 aromatic heterocycles. The highest BCUT2D eigenvalue weighted by atomic mass is 13.9. The minimum atomic E-state index is 1.07. The maximum Gasteiger partial charge on any atom is 0.00890 e. The fourth-order valence-electron chi connectivity index (χ4n) is 1.21. The lowest BCUT2D eigenvalue weighted by Gasteiger charge is -1.92. The predicted octanol–water partition coefficient (Wildman–Crippen LogP) is 3.13. The second-order valence-electron chi connectivity index (χ2n) is 3.12. The van der Waals surface area contributed by atoms with Gasteiger partial charge in [0.2, 0.25) is 0 Å². The topological polar surface area (TPSA) is 0 Å². The van der Waals surface area contributed by atoms with E-state index in [-0.39, 0.29) is 0 Å². The second-order valence-corrected chi connectivity index (χ2v) is 3.12. The quantitative estimate of drug-likeness (QED) is 0.478. The molecule has 1 rings (SSSR count). The second kappa shape index (κ2) is 6.81. The third kappa shape index (κ3) is 4.86. The van der Waals surface area contributed by atoms with Gasteiger partial charge in [0.1, 0.15) is 0 Å². The van der Waals surface area contributed by atoms with E-state index in [1.165, 1.54) is 25.7 Å². The van der Waals surface area contributed by atoms with Gasteiger partial charge in [-0.05, 0) is 25.7 Å². The van der Waals surface area contributed by atoms with E-state index in [1.54, 1.807) is 0 Å². The Bertz CT molecular complexity index is 170. The summed E-state index contributed by atoms with van der Waals surface area (Å²) in [6.45, 7) is 0. The van der Waals surface area contributed by atoms with Crippen LogP contribution in [-0.4, -0.2) is 0 Å². The summed E-state index contributed by atoms with van der Waals surface area (Å²) >= 11 is 0. The molecular weight excluding hydrogens is 144 g/mol. The third-order valence-electron chi connectivity index (χ3n) is 1.96. The van der Waals surface area contributed by atoms with Gasteiger partial charge >= 0.3 is 0 Å². The average Bonchev–Trinajstić information content (AvgIpc) is 2.05. The molecule has 0 heteroatoms. The molecule has 0 saturated carbocycles. The van der Waals surface area contributed by atoms with E-state index in [0.29, 0.717) is 0 Å². The lowest BCUT2D eigenvalue weighted by atomic mass is 10.1. The fourth-order valence-corrected chi connectivity index (χ4v) is 1.21. The lowest BCUT2D eigenvalue weighted by Crippen LogP contribution is -1.77. The molecule has 0 aromatic rings. The first kappa shape index (κ1) is 9.21. The summed E-state index contributed by atoms with van der Waals surface area (Å²) in [5, 5.41) is 0. The molecule has 1 aliphatic rings. The summed E-state index contributed by atoms with van der Waals surface area (Å²) in [5.74, 6) is 12.8. The van der Waals surface area contributed by atoms with Crippen molar-refractivity contribution in [1.29, 1.82) is 0 Å². The van der Waals surface area contributed by atoms with Crippen molar-refractivity contribution in [2.24, 2.45) is 0 Å². The Morgan fingerprint density at radius 3 is 0.917 bits per heavy atom. The molecule has 0 aromatic carbocycles. The van der Waals surface area contributed by atoms with Crippen molar-refractivity contribution in [3.05, 3.63) is 0 Å². The molecule has 0 radical (unpaired) electrons. The predicted molar refractivity (Wildman–Crippen MR) is 52.5 cm³/mol. The molecule has 0 bridgehead atoms. The van der Waals surface area contributed by atoms with E-state index in [9.17, 15) is 0 Å². The minimum Gasteiger partial charge on any atom is -0.103 e. The van der Waals surface area contributed by atoms with Crippen molar-refractivity contribution < 1.29 is 0 Å². The van der Waals surface area contributed by atoms with Crippen LogP contribution in [0.2, 0.25) is 0 Å². The van der Waals surface area contributed by atoms with E-state index < -0.39 is 0 Å². The van der Waals surface area contributed by atoms with Crippen molar-refractivity contribution in [3.63, 3.8) is 0 Å². The molecule has 1 aliphatic carbocycles. The van der Waals surface area contributed by atoms with Gasteiger partial charge in [0.05, 0.1) is 0 Å². The van der Waals surface area contributed by atoms with E-state index in [1.807, 2.05) is 0 Å². The molecule has 0 atom stereocenters. The molecular formula is C12H16. The van der Waals surface area contributed by atoms with Crippen LogP contribution in [0, 0.1) is 23.7 Å². The highest BCUT2D eigenvalue weighted by molar-refractivity contribution is 5.02. The van der Waals surface area contributed by atoms with Gasteiger partial charge in [0, 0.05) is 25.7 Å². The first-order chi connectivity index (χ1) is 6.00. The molecule has 0 fully saturated rings. The highest BCUT2D eigenvalue weighted by Crippen LogP contribution is 2.01. The molecule has 0 spiro atoms. The smallest absolute Gasteiger partial charge is 0.00890 e. The van der Waals surface area contributed by atoms with Gasteiger partial charge in [-0.3, -0.25) is 0 Å². The monoisotopic (exact) mass is 160 g/mol. The lowest BCUT2D eigenvalue weighted by molar-refractivity contribution is 0.763. The Morgan fingerprint density at radius 2 is 0.667 bits per heavy atom. The van der Waals surface area contributed by atoms with Crippen LogP contribution in [0.5, 0.6) is 0 Å². The minimum absolute atomic E-state index is 1.07. The number of hydrogen-bond donors (Lipinski definition) is 0. The average molecular weight is 160 g/mol. The Morgan fingerprint density at radius 1 is 0.417 bits per heavy atom. The maximum absolute atomic E-state index is 3.20. The molecule has 0 amide bonds. The van der Waals surface area contributed by atoms with Gasteiger partial charge < -0.3 is 0 Å². The highest BCUT2D eigenvalue weighted by Gasteiger charge is 1.86. The standard InChI is InChI=1S/C12H16/c1-2-4-6-8-10-12-11-9-7-5-3-1/h1-4,9-12H2. The van der Waals surface area contributed by atoms with Crippen LogP contribution in [0.25, 0.3) is 0 Å². The molecule has 0 aliphatic heterocycles. The zero-order valence-corrected chi connectivity index (χ0v) is 7.66. The Kier molecular flexibility index (Phi) is 5.22. The Balaban J connectivity index is 2.25. The summed E-state index contributed by atoms with van der Waals surface area (Å²) < 4.78 is 0. The van der Waals surface area contributed by atoms with Crippen LogP contribution in [0.15, 0.2) is 0 Å². The van der Waals surface area contributed by atoms with Gasteiger partial charge in [-0.1, -0.05) is 0 Å². The zero-order chi connectivity index (χ0) is 8.49. The van der Waals surface area contributed by atoms with Crippen molar-refractivity contribution in [2.45, 2.75) is 51.4 Å². The normalized spacial score (nSPS) is 18.7. The van der Waals surface area contributed by atoms with Gasteiger partial charge in [-0.25, -0.2) is 0 Å². The van der Waals surface area contributed by atoms with Crippen LogP contribution in [0.4, 0.5) is 0 Å². The van der Waals surface area contributed by atoms with Crippen molar-refractivity contribution in [3.8, 4) is 23.7 Å². The largest absolute Gasteiger partial charge is 0.103 e. The van der Waals surface area contributed by atoms with Crippen LogP contribution < -0.4 is 0 Å². The molecule has 0 nitrogen and oxygen atoms in total. The number of hydrogen-bond acceptors (Lipinski definition) is 0. The maximum atomic E-state index is 3.20. The van der Waals surface area contributed by atoms with Crippen LogP contribution >= 0.6 is 0 Å². The third-order valence-corrected chi connectivity index (χ3v) is 1.96. The van der Waals surface area contributed by atoms with Gasteiger partial charge in [0.25, 0.3) is 0 Å². The van der Waals surface area contributed by atoms with Crippen LogP contribution in [0.1, 0.15) is 51.4 Å². The SMILES string of the molecule is C1#CCCCCC#CCCCC1. The Labute approximate surface area is 75.7 Å². The van der Waals surface area contributed by atoms with Gasteiger partial charge in [-0.2, -0.15) is 0 Å². The van der Waals surface area contributed by atoms with Crippen molar-refractivity contribution in [1.82, 2.24) is 0 Å². The molecule has 64 valence electrons. The molecule has 0 heterocycles. The van der Waals surface area contributed by atoms with Crippen LogP contribution in [0.3, 0.4) is 0 Å². The summed E-state index contributed by atoms with van der Waals surface area (Å²) in [7, 11) is 0. The molecule has 0 unspecified atom stereocenters. The van der Waals surface area contributed by atoms with Gasteiger partial charge in [0.15, 0.2) is 0 Å². The number of rotatable bonds is 0. The van der Waals surface area contributed by atoms with Crippen LogP contribution in [-0.2, 0) is 0 Å². The van der Waals surface area contributed by atoms with E-state index in [2.05, 4.69) is 23.7 Å². The van der Waals surface area contributed by atoms with E-state index in [4.69, 9.17) is 0 Å². The molecule has 12 heavy (non-hydrogen) atoms. The Hall–Kier alpha value is -0.880. The van der Waals surface area contributed by atoms with E-state index in [0.717, 1.165) is 25.7 Å². The van der Waals surface area contributed by atoms with Crippen molar-refractivity contribution in [2.75, 3.05) is 0 Å². The first-order valence-electron chi connectivity index (χ1n) is 4.91. The zero-order valence-electron chi connectivity index (χ0n) is 7.66. The van der Waals surface area contributed by atoms with Crippen molar-refractivity contribution >= 4 is 0 Å².